The molecule has 0 saturated carbocycles. The van der Waals surface area contributed by atoms with E-state index in [0.717, 1.165) is 12.2 Å². The van der Waals surface area contributed by atoms with Crippen molar-refractivity contribution in [1.29, 1.82) is 0 Å². The van der Waals surface area contributed by atoms with Gasteiger partial charge in [-0.25, -0.2) is 0 Å². The summed E-state index contributed by atoms with van der Waals surface area (Å²) in [6.07, 6.45) is 1.05. The van der Waals surface area contributed by atoms with E-state index < -0.39 is 0 Å². The number of ether oxygens (including phenoxy) is 1. The molecule has 2 unspecified atom stereocenters. The summed E-state index contributed by atoms with van der Waals surface area (Å²) in [5.74, 6) is 1.48. The highest BCUT2D eigenvalue weighted by Crippen LogP contribution is 2.27. The molecule has 0 radical (unpaired) electrons. The van der Waals surface area contributed by atoms with Crippen LogP contribution in [0.4, 0.5) is 0 Å². The van der Waals surface area contributed by atoms with Crippen LogP contribution in [0.2, 0.25) is 0 Å². The predicted octanol–water partition coefficient (Wildman–Crippen LogP) is 3.31. The lowest BCUT2D eigenvalue weighted by atomic mass is 10.0. The van der Waals surface area contributed by atoms with Crippen LogP contribution in [-0.4, -0.2) is 12.1 Å². The molecule has 16 heavy (non-hydrogen) atoms. The minimum atomic E-state index is 0.167. The molecule has 2 heteroatoms. The summed E-state index contributed by atoms with van der Waals surface area (Å²) in [5, 5.41) is 0. The highest BCUT2D eigenvalue weighted by atomic mass is 16.5. The third-order valence-corrected chi connectivity index (χ3v) is 2.57. The van der Waals surface area contributed by atoms with E-state index in [1.165, 1.54) is 5.56 Å². The van der Waals surface area contributed by atoms with E-state index in [1.807, 2.05) is 19.1 Å². The van der Waals surface area contributed by atoms with Gasteiger partial charge in [0.25, 0.3) is 0 Å². The van der Waals surface area contributed by atoms with Gasteiger partial charge in [0.15, 0.2) is 0 Å². The van der Waals surface area contributed by atoms with Crippen molar-refractivity contribution in [2.45, 2.75) is 52.2 Å². The van der Waals surface area contributed by atoms with Crippen LogP contribution in [0.15, 0.2) is 24.3 Å². The van der Waals surface area contributed by atoms with Crippen molar-refractivity contribution in [1.82, 2.24) is 0 Å². The average Bonchev–Trinajstić information content (AvgIpc) is 2.16. The Hall–Kier alpha value is -1.02. The molecule has 0 bridgehead atoms. The second-order valence-corrected chi connectivity index (χ2v) is 4.83. The van der Waals surface area contributed by atoms with E-state index in [4.69, 9.17) is 10.5 Å². The Bertz CT molecular complexity index is 320. The van der Waals surface area contributed by atoms with E-state index >= 15 is 0 Å². The van der Waals surface area contributed by atoms with Gasteiger partial charge in [0.05, 0.1) is 6.10 Å². The number of benzene rings is 1. The molecule has 2 nitrogen and oxygen atoms in total. The van der Waals surface area contributed by atoms with Crippen LogP contribution in [0.5, 0.6) is 5.75 Å². The highest BCUT2D eigenvalue weighted by molar-refractivity contribution is 5.35. The van der Waals surface area contributed by atoms with Gasteiger partial charge in [0.1, 0.15) is 5.75 Å². The molecule has 0 aliphatic carbocycles. The van der Waals surface area contributed by atoms with E-state index in [9.17, 15) is 0 Å². The number of rotatable bonds is 5. The molecular formula is C14H23NO. The Labute approximate surface area is 98.8 Å². The summed E-state index contributed by atoms with van der Waals surface area (Å²) >= 11 is 0. The zero-order chi connectivity index (χ0) is 12.1. The lowest BCUT2D eigenvalue weighted by Gasteiger charge is -2.20. The fourth-order valence-corrected chi connectivity index (χ4v) is 1.85. The van der Waals surface area contributed by atoms with Gasteiger partial charge in [-0.3, -0.25) is 0 Å². The SMILES string of the molecule is CC(N)CC(C)Oc1ccccc1C(C)C. The molecule has 0 spiro atoms. The largest absolute Gasteiger partial charge is 0.490 e. The standard InChI is InChI=1S/C14H23NO/c1-10(2)13-7-5-6-8-14(13)16-12(4)9-11(3)15/h5-8,10-12H,9,15H2,1-4H3. The topological polar surface area (TPSA) is 35.2 Å². The molecule has 1 aromatic rings. The molecule has 0 fully saturated rings. The lowest BCUT2D eigenvalue weighted by Crippen LogP contribution is -2.25. The summed E-state index contributed by atoms with van der Waals surface area (Å²) in [7, 11) is 0. The van der Waals surface area contributed by atoms with Gasteiger partial charge in [0, 0.05) is 6.04 Å². The molecule has 0 amide bonds. The normalized spacial score (nSPS) is 14.9. The zero-order valence-electron chi connectivity index (χ0n) is 10.7. The molecule has 0 saturated heterocycles. The van der Waals surface area contributed by atoms with Crippen LogP contribution in [0, 0.1) is 0 Å². The van der Waals surface area contributed by atoms with Crippen molar-refractivity contribution >= 4 is 0 Å². The van der Waals surface area contributed by atoms with Gasteiger partial charge in [-0.1, -0.05) is 32.0 Å². The summed E-state index contributed by atoms with van der Waals surface area (Å²) < 4.78 is 5.94. The highest BCUT2D eigenvalue weighted by Gasteiger charge is 2.11. The molecule has 90 valence electrons. The molecule has 0 aromatic heterocycles. The number of hydrogen-bond acceptors (Lipinski definition) is 2. The van der Waals surface area contributed by atoms with Crippen molar-refractivity contribution in [2.24, 2.45) is 5.73 Å². The lowest BCUT2D eigenvalue weighted by molar-refractivity contribution is 0.200. The second kappa shape index (κ2) is 5.90. The fourth-order valence-electron chi connectivity index (χ4n) is 1.85. The third-order valence-electron chi connectivity index (χ3n) is 2.57. The number of nitrogens with two attached hydrogens (primary N) is 1. The average molecular weight is 221 g/mol. The first-order valence-electron chi connectivity index (χ1n) is 6.02. The first-order valence-corrected chi connectivity index (χ1v) is 6.02. The van der Waals surface area contributed by atoms with E-state index in [-0.39, 0.29) is 12.1 Å². The Morgan fingerprint density at radius 2 is 1.75 bits per heavy atom. The maximum Gasteiger partial charge on any atom is 0.123 e. The van der Waals surface area contributed by atoms with Crippen molar-refractivity contribution in [3.8, 4) is 5.75 Å². The van der Waals surface area contributed by atoms with Crippen LogP contribution in [0.3, 0.4) is 0 Å². The van der Waals surface area contributed by atoms with E-state index in [1.54, 1.807) is 0 Å². The van der Waals surface area contributed by atoms with E-state index in [2.05, 4.69) is 32.9 Å². The molecule has 1 rings (SSSR count). The maximum atomic E-state index is 5.94. The molecule has 0 aliphatic heterocycles. The summed E-state index contributed by atoms with van der Waals surface area (Å²) in [4.78, 5) is 0. The van der Waals surface area contributed by atoms with Crippen molar-refractivity contribution < 1.29 is 4.74 Å². The Morgan fingerprint density at radius 3 is 2.31 bits per heavy atom. The maximum absolute atomic E-state index is 5.94. The molecule has 0 heterocycles. The predicted molar refractivity (Wildman–Crippen MR) is 68.9 cm³/mol. The third kappa shape index (κ3) is 3.86. The van der Waals surface area contributed by atoms with Crippen LogP contribution in [0.25, 0.3) is 0 Å². The van der Waals surface area contributed by atoms with Crippen LogP contribution >= 0.6 is 0 Å². The monoisotopic (exact) mass is 221 g/mol. The van der Waals surface area contributed by atoms with Crippen LogP contribution < -0.4 is 10.5 Å². The van der Waals surface area contributed by atoms with Gasteiger partial charge >= 0.3 is 0 Å². The van der Waals surface area contributed by atoms with Gasteiger partial charge in [-0.2, -0.15) is 0 Å². The smallest absolute Gasteiger partial charge is 0.123 e. The quantitative estimate of drug-likeness (QED) is 0.828. The van der Waals surface area contributed by atoms with Crippen LogP contribution in [0.1, 0.15) is 45.6 Å². The Kier molecular flexibility index (Phi) is 4.81. The van der Waals surface area contributed by atoms with Crippen molar-refractivity contribution in [3.63, 3.8) is 0 Å². The first-order chi connectivity index (χ1) is 7.50. The van der Waals surface area contributed by atoms with Gasteiger partial charge in [-0.15, -0.1) is 0 Å². The minimum Gasteiger partial charge on any atom is -0.490 e. The van der Waals surface area contributed by atoms with Crippen molar-refractivity contribution in [3.05, 3.63) is 29.8 Å². The van der Waals surface area contributed by atoms with Gasteiger partial charge < -0.3 is 10.5 Å². The Balaban J connectivity index is 2.72. The molecule has 2 N–H and O–H groups in total. The summed E-state index contributed by atoms with van der Waals surface area (Å²) in [6.45, 7) is 8.44. The molecule has 2 atom stereocenters. The molecule has 1 aromatic carbocycles. The van der Waals surface area contributed by atoms with Crippen LogP contribution in [-0.2, 0) is 0 Å². The van der Waals surface area contributed by atoms with Gasteiger partial charge in [-0.05, 0) is 37.8 Å². The van der Waals surface area contributed by atoms with Crippen molar-refractivity contribution in [2.75, 3.05) is 0 Å². The first kappa shape index (κ1) is 13.0. The second-order valence-electron chi connectivity index (χ2n) is 4.83. The number of hydrogen-bond donors (Lipinski definition) is 1. The fraction of sp³-hybridized carbons (Fsp3) is 0.571. The number of para-hydroxylation sites is 1. The Morgan fingerprint density at radius 1 is 1.12 bits per heavy atom. The molecular weight excluding hydrogens is 198 g/mol. The summed E-state index contributed by atoms with van der Waals surface area (Å²) in [6, 6.07) is 8.41. The summed E-state index contributed by atoms with van der Waals surface area (Å²) in [5.41, 5.74) is 7.03. The zero-order valence-corrected chi connectivity index (χ0v) is 10.7. The van der Waals surface area contributed by atoms with Gasteiger partial charge in [0.2, 0.25) is 0 Å². The minimum absolute atomic E-state index is 0.167. The van der Waals surface area contributed by atoms with E-state index in [0.29, 0.717) is 5.92 Å². The molecule has 0 aliphatic rings.